The van der Waals surface area contributed by atoms with E-state index in [0.29, 0.717) is 12.0 Å². The van der Waals surface area contributed by atoms with Crippen LogP contribution in [0.4, 0.5) is 0 Å². The molecule has 0 radical (unpaired) electrons. The van der Waals surface area contributed by atoms with Crippen LogP contribution in [-0.2, 0) is 4.79 Å². The molecule has 2 atom stereocenters. The first-order valence-electron chi connectivity index (χ1n) is 7.01. The highest BCUT2D eigenvalue weighted by atomic mass is 16.1. The van der Waals surface area contributed by atoms with Gasteiger partial charge in [0.2, 0.25) is 5.91 Å². The minimum absolute atomic E-state index is 0.245. The van der Waals surface area contributed by atoms with Crippen molar-refractivity contribution >= 4 is 5.91 Å². The Hall–Kier alpha value is -1.36. The van der Waals surface area contributed by atoms with Crippen LogP contribution in [0.3, 0.4) is 0 Å². The molecule has 0 spiro atoms. The molecule has 19 heavy (non-hydrogen) atoms. The van der Waals surface area contributed by atoms with Crippen LogP contribution in [-0.4, -0.2) is 28.0 Å². The molecule has 1 aliphatic carbocycles. The van der Waals surface area contributed by atoms with Crippen molar-refractivity contribution in [2.45, 2.75) is 57.0 Å². The van der Waals surface area contributed by atoms with Gasteiger partial charge in [-0.15, -0.1) is 0 Å². The molecule has 2 unspecified atom stereocenters. The quantitative estimate of drug-likeness (QED) is 0.867. The first kappa shape index (κ1) is 14.1. The van der Waals surface area contributed by atoms with E-state index in [9.17, 15) is 4.79 Å². The van der Waals surface area contributed by atoms with Gasteiger partial charge in [-0.1, -0.05) is 13.8 Å². The second kappa shape index (κ2) is 5.33. The Morgan fingerprint density at radius 2 is 2.37 bits per heavy atom. The molecule has 0 aromatic carbocycles. The Labute approximate surface area is 114 Å². The van der Waals surface area contributed by atoms with Gasteiger partial charge in [-0.05, 0) is 32.7 Å². The minimum atomic E-state index is -0.568. The largest absolute Gasteiger partial charge is 0.368 e. The van der Waals surface area contributed by atoms with Gasteiger partial charge in [0.05, 0.1) is 5.54 Å². The lowest BCUT2D eigenvalue weighted by Gasteiger charge is -2.39. The number of amides is 1. The second-order valence-electron chi connectivity index (χ2n) is 5.79. The van der Waals surface area contributed by atoms with E-state index in [1.54, 1.807) is 0 Å². The zero-order valence-corrected chi connectivity index (χ0v) is 12.0. The van der Waals surface area contributed by atoms with Crippen LogP contribution in [0.5, 0.6) is 0 Å². The van der Waals surface area contributed by atoms with Gasteiger partial charge in [0.25, 0.3) is 0 Å². The van der Waals surface area contributed by atoms with Crippen molar-refractivity contribution < 1.29 is 4.79 Å². The molecule has 106 valence electrons. The van der Waals surface area contributed by atoms with Gasteiger partial charge >= 0.3 is 0 Å². The van der Waals surface area contributed by atoms with E-state index in [4.69, 9.17) is 5.73 Å². The predicted octanol–water partition coefficient (Wildman–Crippen LogP) is 1.57. The number of imidazole rings is 1. The lowest BCUT2D eigenvalue weighted by atomic mass is 9.78. The van der Waals surface area contributed by atoms with E-state index < -0.39 is 5.54 Å². The highest BCUT2D eigenvalue weighted by Crippen LogP contribution is 2.36. The third-order valence-corrected chi connectivity index (χ3v) is 4.28. The Morgan fingerprint density at radius 3 is 2.95 bits per heavy atom. The normalized spacial score (nSPS) is 27.7. The summed E-state index contributed by atoms with van der Waals surface area (Å²) in [5.41, 5.74) is 5.03. The summed E-state index contributed by atoms with van der Waals surface area (Å²) in [4.78, 5) is 16.2. The highest BCUT2D eigenvalue weighted by Gasteiger charge is 2.41. The molecule has 5 heteroatoms. The summed E-state index contributed by atoms with van der Waals surface area (Å²) in [7, 11) is 1.82. The number of hydrogen-bond donors (Lipinski definition) is 2. The first-order valence-corrected chi connectivity index (χ1v) is 7.01. The molecule has 0 saturated heterocycles. The Kier molecular flexibility index (Phi) is 3.94. The second-order valence-corrected chi connectivity index (χ2v) is 5.79. The van der Waals surface area contributed by atoms with Crippen molar-refractivity contribution in [1.82, 2.24) is 14.9 Å². The average molecular weight is 264 g/mol. The number of primary amides is 1. The summed E-state index contributed by atoms with van der Waals surface area (Å²) >= 11 is 0. The van der Waals surface area contributed by atoms with Crippen molar-refractivity contribution in [3.05, 3.63) is 18.2 Å². The zero-order chi connectivity index (χ0) is 14.0. The van der Waals surface area contributed by atoms with Gasteiger partial charge in [-0.25, -0.2) is 4.98 Å². The molecular weight excluding hydrogens is 240 g/mol. The zero-order valence-electron chi connectivity index (χ0n) is 12.0. The summed E-state index contributed by atoms with van der Waals surface area (Å²) < 4.78 is 2.22. The van der Waals surface area contributed by atoms with Crippen LogP contribution in [0, 0.1) is 0 Å². The highest BCUT2D eigenvalue weighted by molar-refractivity contribution is 5.84. The standard InChI is InChI=1S/C14H24N4O/c1-10(2)12-17-7-8-18(12)11-5-4-6-14(9-11,16-3)13(15)19/h7-8,10-11,16H,4-6,9H2,1-3H3,(H2,15,19). The van der Waals surface area contributed by atoms with Gasteiger partial charge < -0.3 is 15.6 Å². The fourth-order valence-corrected chi connectivity index (χ4v) is 3.14. The van der Waals surface area contributed by atoms with Crippen LogP contribution in [0.15, 0.2) is 12.4 Å². The number of nitrogens with zero attached hydrogens (tertiary/aromatic N) is 2. The monoisotopic (exact) mass is 264 g/mol. The van der Waals surface area contributed by atoms with Crippen LogP contribution in [0.2, 0.25) is 0 Å². The molecule has 2 rings (SSSR count). The Morgan fingerprint density at radius 1 is 1.63 bits per heavy atom. The molecule has 1 amide bonds. The number of nitrogens with one attached hydrogen (secondary N) is 1. The van der Waals surface area contributed by atoms with Crippen molar-refractivity contribution in [2.75, 3.05) is 7.05 Å². The third-order valence-electron chi connectivity index (χ3n) is 4.28. The van der Waals surface area contributed by atoms with E-state index >= 15 is 0 Å². The number of likely N-dealkylation sites (N-methyl/N-ethyl adjacent to an activating group) is 1. The fraction of sp³-hybridized carbons (Fsp3) is 0.714. The lowest BCUT2D eigenvalue weighted by Crippen LogP contribution is -2.56. The van der Waals surface area contributed by atoms with E-state index in [-0.39, 0.29) is 5.91 Å². The smallest absolute Gasteiger partial charge is 0.237 e. The average Bonchev–Trinajstić information content (AvgIpc) is 2.88. The summed E-state index contributed by atoms with van der Waals surface area (Å²) in [5, 5.41) is 3.15. The van der Waals surface area contributed by atoms with E-state index in [0.717, 1.165) is 31.5 Å². The summed E-state index contributed by atoms with van der Waals surface area (Å²) in [6, 6.07) is 0.300. The summed E-state index contributed by atoms with van der Waals surface area (Å²) in [5.74, 6) is 1.22. The number of carbonyl (C=O) groups excluding carboxylic acids is 1. The molecule has 1 aromatic rings. The summed E-state index contributed by atoms with van der Waals surface area (Å²) in [6.07, 6.45) is 7.51. The van der Waals surface area contributed by atoms with Gasteiger partial charge in [0.15, 0.2) is 0 Å². The van der Waals surface area contributed by atoms with E-state index in [1.165, 1.54) is 0 Å². The molecule has 1 saturated carbocycles. The van der Waals surface area contributed by atoms with E-state index in [2.05, 4.69) is 28.7 Å². The van der Waals surface area contributed by atoms with Crippen LogP contribution in [0.1, 0.15) is 57.3 Å². The molecule has 3 N–H and O–H groups in total. The van der Waals surface area contributed by atoms with Gasteiger partial charge in [0, 0.05) is 24.4 Å². The van der Waals surface area contributed by atoms with Crippen molar-refractivity contribution in [1.29, 1.82) is 0 Å². The maximum Gasteiger partial charge on any atom is 0.237 e. The van der Waals surface area contributed by atoms with Crippen molar-refractivity contribution in [3.8, 4) is 0 Å². The number of aromatic nitrogens is 2. The Bertz CT molecular complexity index is 454. The van der Waals surface area contributed by atoms with Crippen LogP contribution in [0.25, 0.3) is 0 Å². The van der Waals surface area contributed by atoms with Crippen LogP contribution >= 0.6 is 0 Å². The molecule has 1 heterocycles. The first-order chi connectivity index (χ1) is 9.00. The SMILES string of the molecule is CNC1(C(N)=O)CCCC(n2ccnc2C(C)C)C1. The number of hydrogen-bond acceptors (Lipinski definition) is 3. The number of carbonyl (C=O) groups is 1. The van der Waals surface area contributed by atoms with Gasteiger partial charge in [0.1, 0.15) is 5.82 Å². The molecular formula is C14H24N4O. The van der Waals surface area contributed by atoms with E-state index in [1.807, 2.05) is 19.4 Å². The lowest BCUT2D eigenvalue weighted by molar-refractivity contribution is -0.126. The molecule has 5 nitrogen and oxygen atoms in total. The van der Waals surface area contributed by atoms with Gasteiger partial charge in [-0.3, -0.25) is 4.79 Å². The molecule has 1 aliphatic rings. The Balaban J connectivity index is 2.26. The molecule has 0 aliphatic heterocycles. The van der Waals surface area contributed by atoms with Gasteiger partial charge in [-0.2, -0.15) is 0 Å². The molecule has 1 aromatic heterocycles. The third kappa shape index (κ3) is 2.52. The number of nitrogens with two attached hydrogens (primary N) is 1. The maximum atomic E-state index is 11.8. The predicted molar refractivity (Wildman–Crippen MR) is 74.8 cm³/mol. The van der Waals surface area contributed by atoms with Crippen molar-refractivity contribution in [3.63, 3.8) is 0 Å². The van der Waals surface area contributed by atoms with Crippen LogP contribution < -0.4 is 11.1 Å². The van der Waals surface area contributed by atoms with Crippen molar-refractivity contribution in [2.24, 2.45) is 5.73 Å². The minimum Gasteiger partial charge on any atom is -0.368 e. The number of rotatable bonds is 4. The molecule has 1 fully saturated rings. The summed E-state index contributed by atoms with van der Waals surface area (Å²) in [6.45, 7) is 4.28. The topological polar surface area (TPSA) is 72.9 Å². The fourth-order valence-electron chi connectivity index (χ4n) is 3.14. The maximum absolute atomic E-state index is 11.8. The molecule has 0 bridgehead atoms.